The van der Waals surface area contributed by atoms with Gasteiger partial charge in [-0.2, -0.15) is 0 Å². The van der Waals surface area contributed by atoms with Crippen LogP contribution in [0.4, 0.5) is 5.82 Å². The van der Waals surface area contributed by atoms with Crippen molar-refractivity contribution < 1.29 is 14.7 Å². The molecule has 1 saturated carbocycles. The number of rotatable bonds is 9. The third kappa shape index (κ3) is 5.68. The molecule has 0 spiro atoms. The van der Waals surface area contributed by atoms with E-state index in [9.17, 15) is 14.7 Å². The molecular formula is C28H37ClN4O3. The van der Waals surface area contributed by atoms with E-state index in [0.29, 0.717) is 23.6 Å². The monoisotopic (exact) mass is 512 g/mol. The maximum Gasteiger partial charge on any atom is 0.259 e. The number of likely N-dealkylation sites (N-methyl/N-ethyl adjacent to an activating group) is 1. The average molecular weight is 513 g/mol. The fraction of sp³-hybridized carbons (Fsp3) is 0.536. The predicted octanol–water partition coefficient (Wildman–Crippen LogP) is 4.19. The lowest BCUT2D eigenvalue weighted by Crippen LogP contribution is -2.47. The summed E-state index contributed by atoms with van der Waals surface area (Å²) in [5.41, 5.74) is -0.299. The number of carbonyl (C=O) groups excluding carboxylic acids is 2. The van der Waals surface area contributed by atoms with Crippen LogP contribution in [0.25, 0.3) is 0 Å². The quantitative estimate of drug-likeness (QED) is 0.510. The summed E-state index contributed by atoms with van der Waals surface area (Å²) in [5.74, 6) is 1.06. The van der Waals surface area contributed by atoms with Crippen molar-refractivity contribution in [1.29, 1.82) is 0 Å². The van der Waals surface area contributed by atoms with Crippen molar-refractivity contribution in [3.05, 3.63) is 58.7 Å². The molecule has 1 aromatic carbocycles. The van der Waals surface area contributed by atoms with Crippen LogP contribution >= 0.6 is 11.6 Å². The molecule has 1 N–H and O–H groups in total. The van der Waals surface area contributed by atoms with E-state index in [2.05, 4.69) is 9.88 Å². The number of aromatic nitrogens is 1. The molecule has 2 aromatic rings. The standard InChI is InChI=1S/C28H37ClN4O3/c1-31(2)26(34)23-13-14-24(30-25(23)29)33-18-15-20(16-19-33)8-7-17-32(3)27(35)28(36,22-11-12-22)21-9-5-4-6-10-21/h4-6,9-10,13-14,20,22,36H,7-8,11-12,15-19H2,1-3H3/t28-/m0/s1. The Labute approximate surface area is 219 Å². The number of hydrogen-bond donors (Lipinski definition) is 1. The minimum Gasteiger partial charge on any atom is -0.375 e. The minimum atomic E-state index is -1.41. The van der Waals surface area contributed by atoms with Crippen molar-refractivity contribution in [2.45, 2.75) is 44.1 Å². The molecule has 1 aliphatic carbocycles. The van der Waals surface area contributed by atoms with Crippen LogP contribution < -0.4 is 4.90 Å². The SMILES string of the molecule is CN(C)C(=O)c1ccc(N2CCC(CCCN(C)C(=O)[C@](O)(c3ccccc3)C3CC3)CC2)nc1Cl. The van der Waals surface area contributed by atoms with Crippen LogP contribution in [0.2, 0.25) is 5.15 Å². The summed E-state index contributed by atoms with van der Waals surface area (Å²) < 4.78 is 0. The predicted molar refractivity (Wildman–Crippen MR) is 142 cm³/mol. The third-order valence-corrected chi connectivity index (χ3v) is 7.86. The van der Waals surface area contributed by atoms with E-state index in [0.717, 1.165) is 57.4 Å². The van der Waals surface area contributed by atoms with Crippen LogP contribution in [0.3, 0.4) is 0 Å². The van der Waals surface area contributed by atoms with E-state index < -0.39 is 5.60 Å². The molecule has 4 rings (SSSR count). The Morgan fingerprint density at radius 1 is 1.06 bits per heavy atom. The Kier molecular flexibility index (Phi) is 8.20. The fourth-order valence-corrected chi connectivity index (χ4v) is 5.42. The van der Waals surface area contributed by atoms with Crippen molar-refractivity contribution in [1.82, 2.24) is 14.8 Å². The lowest BCUT2D eigenvalue weighted by molar-refractivity contribution is -0.153. The maximum absolute atomic E-state index is 13.3. The number of benzene rings is 1. The number of pyridine rings is 1. The van der Waals surface area contributed by atoms with Crippen molar-refractivity contribution in [2.75, 3.05) is 45.7 Å². The summed E-state index contributed by atoms with van der Waals surface area (Å²) >= 11 is 6.30. The Hall–Kier alpha value is -2.64. The van der Waals surface area contributed by atoms with Gasteiger partial charge in [0.15, 0.2) is 5.60 Å². The number of nitrogens with zero attached hydrogens (tertiary/aromatic N) is 4. The van der Waals surface area contributed by atoms with Crippen LogP contribution in [0.15, 0.2) is 42.5 Å². The molecule has 1 aromatic heterocycles. The van der Waals surface area contributed by atoms with E-state index in [1.807, 2.05) is 36.4 Å². The number of amides is 2. The largest absolute Gasteiger partial charge is 0.375 e. The summed E-state index contributed by atoms with van der Waals surface area (Å²) in [4.78, 5) is 35.4. The molecule has 2 heterocycles. The smallest absolute Gasteiger partial charge is 0.259 e. The van der Waals surface area contributed by atoms with Crippen molar-refractivity contribution >= 4 is 29.2 Å². The van der Waals surface area contributed by atoms with Gasteiger partial charge in [0.05, 0.1) is 5.56 Å². The van der Waals surface area contributed by atoms with E-state index in [4.69, 9.17) is 11.6 Å². The molecule has 1 atom stereocenters. The molecule has 1 aliphatic heterocycles. The maximum atomic E-state index is 13.3. The van der Waals surface area contributed by atoms with E-state index in [-0.39, 0.29) is 22.9 Å². The molecule has 0 radical (unpaired) electrons. The van der Waals surface area contributed by atoms with Crippen LogP contribution in [-0.2, 0) is 10.4 Å². The molecule has 7 nitrogen and oxygen atoms in total. The summed E-state index contributed by atoms with van der Waals surface area (Å²) in [7, 11) is 5.20. The van der Waals surface area contributed by atoms with Gasteiger partial charge in [-0.05, 0) is 62.1 Å². The van der Waals surface area contributed by atoms with Gasteiger partial charge in [0, 0.05) is 46.7 Å². The van der Waals surface area contributed by atoms with Crippen molar-refractivity contribution in [3.63, 3.8) is 0 Å². The minimum absolute atomic E-state index is 0.0105. The first-order valence-electron chi connectivity index (χ1n) is 12.9. The Morgan fingerprint density at radius 3 is 2.31 bits per heavy atom. The van der Waals surface area contributed by atoms with E-state index >= 15 is 0 Å². The molecule has 2 fully saturated rings. The summed E-state index contributed by atoms with van der Waals surface area (Å²) in [6.45, 7) is 2.41. The lowest BCUT2D eigenvalue weighted by atomic mass is 9.87. The molecule has 0 unspecified atom stereocenters. The third-order valence-electron chi connectivity index (χ3n) is 7.57. The summed E-state index contributed by atoms with van der Waals surface area (Å²) in [6, 6.07) is 13.0. The zero-order valence-electron chi connectivity index (χ0n) is 21.5. The van der Waals surface area contributed by atoms with Gasteiger partial charge in [0.25, 0.3) is 11.8 Å². The second-order valence-electron chi connectivity index (χ2n) is 10.4. The van der Waals surface area contributed by atoms with Crippen molar-refractivity contribution in [3.8, 4) is 0 Å². The van der Waals surface area contributed by atoms with Crippen LogP contribution in [0.1, 0.15) is 54.4 Å². The number of hydrogen-bond acceptors (Lipinski definition) is 5. The zero-order valence-corrected chi connectivity index (χ0v) is 22.2. The van der Waals surface area contributed by atoms with E-state index in [1.54, 1.807) is 32.1 Å². The molecule has 194 valence electrons. The highest BCUT2D eigenvalue weighted by Gasteiger charge is 2.51. The van der Waals surface area contributed by atoms with E-state index in [1.165, 1.54) is 4.90 Å². The highest BCUT2D eigenvalue weighted by molar-refractivity contribution is 6.32. The second-order valence-corrected chi connectivity index (χ2v) is 10.8. The first kappa shape index (κ1) is 26.4. The zero-order chi connectivity index (χ0) is 25.9. The molecule has 1 saturated heterocycles. The summed E-state index contributed by atoms with van der Waals surface area (Å²) in [6.07, 6.45) is 5.82. The average Bonchev–Trinajstić information content (AvgIpc) is 3.74. The number of anilines is 1. The molecule has 36 heavy (non-hydrogen) atoms. The van der Waals surface area contributed by atoms with Gasteiger partial charge in [-0.3, -0.25) is 9.59 Å². The fourth-order valence-electron chi connectivity index (χ4n) is 5.19. The van der Waals surface area contributed by atoms with Gasteiger partial charge < -0.3 is 19.8 Å². The normalized spacial score (nSPS) is 18.0. The number of piperidine rings is 1. The first-order chi connectivity index (χ1) is 17.2. The van der Waals surface area contributed by atoms with Gasteiger partial charge in [-0.25, -0.2) is 4.98 Å². The molecule has 2 aliphatic rings. The Balaban J connectivity index is 1.25. The number of carbonyl (C=O) groups is 2. The Bertz CT molecular complexity index is 1070. The second kappa shape index (κ2) is 11.2. The first-order valence-corrected chi connectivity index (χ1v) is 13.3. The molecule has 0 bridgehead atoms. The molecular weight excluding hydrogens is 476 g/mol. The highest BCUT2D eigenvalue weighted by Crippen LogP contribution is 2.46. The van der Waals surface area contributed by atoms with Crippen molar-refractivity contribution in [2.24, 2.45) is 11.8 Å². The summed E-state index contributed by atoms with van der Waals surface area (Å²) in [5, 5.41) is 11.6. The topological polar surface area (TPSA) is 77.0 Å². The Morgan fingerprint density at radius 2 is 1.72 bits per heavy atom. The highest BCUT2D eigenvalue weighted by atomic mass is 35.5. The molecule has 8 heteroatoms. The van der Waals surface area contributed by atoms with Crippen LogP contribution in [-0.4, -0.2) is 72.5 Å². The van der Waals surface area contributed by atoms with Gasteiger partial charge in [0.2, 0.25) is 0 Å². The molecule has 2 amide bonds. The van der Waals surface area contributed by atoms with Gasteiger partial charge in [-0.1, -0.05) is 41.9 Å². The van der Waals surface area contributed by atoms with Crippen LogP contribution in [0, 0.1) is 11.8 Å². The van der Waals surface area contributed by atoms with Gasteiger partial charge in [0.1, 0.15) is 11.0 Å². The number of halogens is 1. The van der Waals surface area contributed by atoms with Gasteiger partial charge >= 0.3 is 0 Å². The van der Waals surface area contributed by atoms with Crippen LogP contribution in [0.5, 0.6) is 0 Å². The van der Waals surface area contributed by atoms with Gasteiger partial charge in [-0.15, -0.1) is 0 Å². The lowest BCUT2D eigenvalue weighted by Gasteiger charge is -2.34. The number of aliphatic hydroxyl groups is 1.